The lowest BCUT2D eigenvalue weighted by Crippen LogP contribution is -2.50. The molecule has 3 aromatic rings. The van der Waals surface area contributed by atoms with Crippen LogP contribution in [0, 0.1) is 6.92 Å². The lowest BCUT2D eigenvalue weighted by molar-refractivity contribution is -0.133. The summed E-state index contributed by atoms with van der Waals surface area (Å²) in [5.41, 5.74) is 1.02. The molecule has 3 heterocycles. The molecule has 1 amide bonds. The lowest BCUT2D eigenvalue weighted by atomic mass is 10.2. The van der Waals surface area contributed by atoms with Crippen LogP contribution in [0.4, 0.5) is 5.82 Å². The third-order valence-corrected chi connectivity index (χ3v) is 4.69. The van der Waals surface area contributed by atoms with Crippen molar-refractivity contribution in [2.75, 3.05) is 37.7 Å². The van der Waals surface area contributed by atoms with Crippen LogP contribution >= 0.6 is 0 Å². The number of aromatic nitrogens is 5. The van der Waals surface area contributed by atoms with Crippen molar-refractivity contribution in [1.29, 1.82) is 0 Å². The molecule has 0 saturated carbocycles. The van der Waals surface area contributed by atoms with Gasteiger partial charge < -0.3 is 14.5 Å². The maximum atomic E-state index is 12.5. The number of rotatable bonds is 5. The van der Waals surface area contributed by atoms with Crippen molar-refractivity contribution in [3.8, 4) is 11.6 Å². The minimum atomic E-state index is -0.00565. The summed E-state index contributed by atoms with van der Waals surface area (Å²) in [7, 11) is 0. The number of hydrogen-bond acceptors (Lipinski definition) is 7. The highest BCUT2D eigenvalue weighted by Crippen LogP contribution is 2.17. The molecular formula is C19H21N7O2. The first kappa shape index (κ1) is 17.9. The molecule has 1 aliphatic heterocycles. The monoisotopic (exact) mass is 379 g/mol. The summed E-state index contributed by atoms with van der Waals surface area (Å²) in [4.78, 5) is 28.9. The van der Waals surface area contributed by atoms with Crippen LogP contribution in [-0.2, 0) is 4.79 Å². The van der Waals surface area contributed by atoms with Crippen LogP contribution in [-0.4, -0.2) is 68.3 Å². The zero-order valence-corrected chi connectivity index (χ0v) is 15.6. The van der Waals surface area contributed by atoms with E-state index in [1.807, 2.05) is 42.2 Å². The first-order chi connectivity index (χ1) is 13.7. The van der Waals surface area contributed by atoms with Crippen LogP contribution < -0.4 is 9.64 Å². The SMILES string of the molecule is Cc1ccccc1OCC(=O)N1CCN(c2cc(-n3cncn3)ncn2)CC1. The number of carbonyl (C=O) groups is 1. The van der Waals surface area contributed by atoms with Crippen molar-refractivity contribution in [3.05, 3.63) is 54.9 Å². The van der Waals surface area contributed by atoms with Crippen LogP contribution in [0.2, 0.25) is 0 Å². The Morgan fingerprint density at radius 3 is 2.61 bits per heavy atom. The molecule has 2 aromatic heterocycles. The van der Waals surface area contributed by atoms with Gasteiger partial charge in [-0.3, -0.25) is 4.79 Å². The van der Waals surface area contributed by atoms with Crippen molar-refractivity contribution in [2.24, 2.45) is 0 Å². The molecule has 9 nitrogen and oxygen atoms in total. The van der Waals surface area contributed by atoms with Gasteiger partial charge in [-0.05, 0) is 18.6 Å². The van der Waals surface area contributed by atoms with Gasteiger partial charge in [-0.2, -0.15) is 5.10 Å². The third-order valence-electron chi connectivity index (χ3n) is 4.69. The molecule has 1 aliphatic rings. The highest BCUT2D eigenvalue weighted by molar-refractivity contribution is 5.78. The predicted molar refractivity (Wildman–Crippen MR) is 102 cm³/mol. The topological polar surface area (TPSA) is 89.3 Å². The third kappa shape index (κ3) is 3.93. The van der Waals surface area contributed by atoms with Gasteiger partial charge in [0.1, 0.15) is 30.5 Å². The molecule has 9 heteroatoms. The molecule has 1 fully saturated rings. The van der Waals surface area contributed by atoms with E-state index in [1.54, 1.807) is 11.0 Å². The molecule has 1 aromatic carbocycles. The molecule has 0 atom stereocenters. The van der Waals surface area contributed by atoms with Crippen molar-refractivity contribution in [2.45, 2.75) is 6.92 Å². The van der Waals surface area contributed by atoms with Crippen LogP contribution in [0.1, 0.15) is 5.56 Å². The number of para-hydroxylation sites is 1. The average molecular weight is 379 g/mol. The van der Waals surface area contributed by atoms with E-state index in [9.17, 15) is 4.79 Å². The Kier molecular flexibility index (Phi) is 5.14. The van der Waals surface area contributed by atoms with E-state index in [-0.39, 0.29) is 12.5 Å². The summed E-state index contributed by atoms with van der Waals surface area (Å²) in [5, 5.41) is 4.09. The Hall–Kier alpha value is -3.49. The second-order valence-corrected chi connectivity index (χ2v) is 6.50. The number of carbonyl (C=O) groups excluding carboxylic acids is 1. The zero-order valence-electron chi connectivity index (χ0n) is 15.6. The van der Waals surface area contributed by atoms with Crippen LogP contribution in [0.3, 0.4) is 0 Å². The number of ether oxygens (including phenoxy) is 1. The van der Waals surface area contributed by atoms with Gasteiger partial charge in [0.15, 0.2) is 12.4 Å². The molecule has 0 N–H and O–H groups in total. The quantitative estimate of drug-likeness (QED) is 0.656. The molecule has 0 spiro atoms. The first-order valence-electron chi connectivity index (χ1n) is 9.09. The summed E-state index contributed by atoms with van der Waals surface area (Å²) < 4.78 is 7.27. The van der Waals surface area contributed by atoms with Gasteiger partial charge in [0.05, 0.1) is 0 Å². The smallest absolute Gasteiger partial charge is 0.260 e. The molecule has 0 unspecified atom stereocenters. The second-order valence-electron chi connectivity index (χ2n) is 6.50. The molecular weight excluding hydrogens is 358 g/mol. The molecule has 28 heavy (non-hydrogen) atoms. The Labute approximate surface area is 162 Å². The molecule has 4 rings (SSSR count). The fraction of sp³-hybridized carbons (Fsp3) is 0.316. The molecule has 1 saturated heterocycles. The van der Waals surface area contributed by atoms with E-state index in [0.29, 0.717) is 32.0 Å². The van der Waals surface area contributed by atoms with Crippen LogP contribution in [0.5, 0.6) is 5.75 Å². The fourth-order valence-electron chi connectivity index (χ4n) is 3.10. The van der Waals surface area contributed by atoms with E-state index in [1.165, 1.54) is 12.7 Å². The van der Waals surface area contributed by atoms with Crippen LogP contribution in [0.25, 0.3) is 5.82 Å². The van der Waals surface area contributed by atoms with Gasteiger partial charge >= 0.3 is 0 Å². The summed E-state index contributed by atoms with van der Waals surface area (Å²) in [6.07, 6.45) is 4.57. The maximum Gasteiger partial charge on any atom is 0.260 e. The number of aryl methyl sites for hydroxylation is 1. The van der Waals surface area contributed by atoms with E-state index >= 15 is 0 Å². The Balaban J connectivity index is 1.33. The summed E-state index contributed by atoms with van der Waals surface area (Å²) in [6.45, 7) is 4.66. The molecule has 0 bridgehead atoms. The van der Waals surface area contributed by atoms with Crippen molar-refractivity contribution in [3.63, 3.8) is 0 Å². The highest BCUT2D eigenvalue weighted by atomic mass is 16.5. The minimum absolute atomic E-state index is 0.00565. The standard InChI is InChI=1S/C19H21N7O2/c1-15-4-2-3-5-16(15)28-11-19(27)25-8-6-24(7-9-25)17-10-18(22-13-21-17)26-14-20-12-23-26/h2-5,10,12-14H,6-9,11H2,1H3. The van der Waals surface area contributed by atoms with Gasteiger partial charge in [-0.25, -0.2) is 19.6 Å². The maximum absolute atomic E-state index is 12.5. The molecule has 0 aliphatic carbocycles. The fourth-order valence-corrected chi connectivity index (χ4v) is 3.10. The normalized spacial score (nSPS) is 14.2. The summed E-state index contributed by atoms with van der Waals surface area (Å²) >= 11 is 0. The van der Waals surface area contributed by atoms with Crippen LogP contribution in [0.15, 0.2) is 49.3 Å². The zero-order chi connectivity index (χ0) is 19.3. The van der Waals surface area contributed by atoms with Gasteiger partial charge in [-0.1, -0.05) is 18.2 Å². The highest BCUT2D eigenvalue weighted by Gasteiger charge is 2.22. The largest absolute Gasteiger partial charge is 0.484 e. The van der Waals surface area contributed by atoms with Gasteiger partial charge in [-0.15, -0.1) is 0 Å². The van der Waals surface area contributed by atoms with Crippen molar-refractivity contribution < 1.29 is 9.53 Å². The predicted octanol–water partition coefficient (Wildman–Crippen LogP) is 1.09. The number of amides is 1. The summed E-state index contributed by atoms with van der Waals surface area (Å²) in [6, 6.07) is 9.56. The van der Waals surface area contributed by atoms with E-state index in [4.69, 9.17) is 4.74 Å². The Bertz CT molecular complexity index is 937. The Morgan fingerprint density at radius 1 is 1.07 bits per heavy atom. The van der Waals surface area contributed by atoms with Crippen molar-refractivity contribution in [1.82, 2.24) is 29.6 Å². The van der Waals surface area contributed by atoms with E-state index in [0.717, 1.165) is 17.1 Å². The van der Waals surface area contributed by atoms with Gasteiger partial charge in [0.25, 0.3) is 5.91 Å². The van der Waals surface area contributed by atoms with Crippen molar-refractivity contribution >= 4 is 11.7 Å². The molecule has 144 valence electrons. The lowest BCUT2D eigenvalue weighted by Gasteiger charge is -2.35. The minimum Gasteiger partial charge on any atom is -0.484 e. The number of nitrogens with zero attached hydrogens (tertiary/aromatic N) is 7. The van der Waals surface area contributed by atoms with Gasteiger partial charge in [0.2, 0.25) is 0 Å². The Morgan fingerprint density at radius 2 is 1.86 bits per heavy atom. The number of piperazine rings is 1. The molecule has 0 radical (unpaired) electrons. The van der Waals surface area contributed by atoms with E-state index in [2.05, 4.69) is 25.0 Å². The number of hydrogen-bond donors (Lipinski definition) is 0. The number of anilines is 1. The average Bonchev–Trinajstić information content (AvgIpc) is 3.28. The van der Waals surface area contributed by atoms with E-state index < -0.39 is 0 Å². The first-order valence-corrected chi connectivity index (χ1v) is 9.09. The number of benzene rings is 1. The second kappa shape index (κ2) is 8.03. The summed E-state index contributed by atoms with van der Waals surface area (Å²) in [5.74, 6) is 2.21. The van der Waals surface area contributed by atoms with Gasteiger partial charge in [0, 0.05) is 32.2 Å².